The number of nitrogen functional groups attached to an aromatic ring is 1. The van der Waals surface area contributed by atoms with E-state index in [0.29, 0.717) is 22.4 Å². The molecule has 130 valence electrons. The molecule has 0 bridgehead atoms. The number of sulfone groups is 1. The highest BCUT2D eigenvalue weighted by molar-refractivity contribution is 7.91. The lowest BCUT2D eigenvalue weighted by Crippen LogP contribution is -2.07. The third-order valence-corrected chi connectivity index (χ3v) is 5.78. The first-order chi connectivity index (χ1) is 11.8. The third-order valence-electron chi connectivity index (χ3n) is 4.00. The lowest BCUT2D eigenvalue weighted by Gasteiger charge is -2.09. The van der Waals surface area contributed by atoms with Crippen molar-refractivity contribution in [2.24, 2.45) is 7.05 Å². The normalized spacial score (nSPS) is 11.6. The fraction of sp³-hybridized carbons (Fsp3) is 0.167. The first-order valence-corrected chi connectivity index (χ1v) is 9.40. The second kappa shape index (κ2) is 6.33. The number of anilines is 1. The van der Waals surface area contributed by atoms with Crippen molar-refractivity contribution in [3.8, 4) is 22.4 Å². The van der Waals surface area contributed by atoms with Gasteiger partial charge < -0.3 is 5.73 Å². The first-order valence-electron chi connectivity index (χ1n) is 7.74. The third kappa shape index (κ3) is 3.15. The molecule has 0 saturated carbocycles. The van der Waals surface area contributed by atoms with Gasteiger partial charge in [0.05, 0.1) is 16.3 Å². The summed E-state index contributed by atoms with van der Waals surface area (Å²) in [4.78, 5) is 0.0795. The van der Waals surface area contributed by atoms with Gasteiger partial charge in [0, 0.05) is 24.4 Å². The number of aryl methyl sites for hydroxylation is 1. The van der Waals surface area contributed by atoms with E-state index in [4.69, 9.17) is 5.73 Å². The Morgan fingerprint density at radius 2 is 1.88 bits per heavy atom. The summed E-state index contributed by atoms with van der Waals surface area (Å²) >= 11 is 0. The van der Waals surface area contributed by atoms with Crippen LogP contribution in [0, 0.1) is 5.82 Å². The van der Waals surface area contributed by atoms with Crippen molar-refractivity contribution in [1.29, 1.82) is 0 Å². The molecular formula is C18H18FN3O2S. The maximum absolute atomic E-state index is 14.2. The molecule has 0 atom stereocenters. The van der Waals surface area contributed by atoms with E-state index in [1.165, 1.54) is 12.1 Å². The van der Waals surface area contributed by atoms with Crippen molar-refractivity contribution in [1.82, 2.24) is 9.78 Å². The van der Waals surface area contributed by atoms with Gasteiger partial charge in [-0.15, -0.1) is 0 Å². The van der Waals surface area contributed by atoms with E-state index in [9.17, 15) is 12.8 Å². The first kappa shape index (κ1) is 17.2. The summed E-state index contributed by atoms with van der Waals surface area (Å²) in [6.45, 7) is 1.57. The number of nitrogens with zero attached hydrogens (tertiary/aromatic N) is 2. The SMILES string of the molecule is CCS(=O)(=O)c1cc(-c2cn(C)nc2-c2ccccc2F)ccc1N. The minimum absolute atomic E-state index is 0.0478. The smallest absolute Gasteiger partial charge is 0.180 e. The number of hydrogen-bond donors (Lipinski definition) is 1. The second-order valence-electron chi connectivity index (χ2n) is 5.70. The van der Waals surface area contributed by atoms with Crippen molar-refractivity contribution in [3.05, 3.63) is 54.5 Å². The number of nitrogens with two attached hydrogens (primary N) is 1. The molecule has 1 heterocycles. The molecule has 1 aromatic heterocycles. The number of benzene rings is 2. The Labute approximate surface area is 145 Å². The molecule has 0 aliphatic carbocycles. The second-order valence-corrected chi connectivity index (χ2v) is 7.95. The molecule has 25 heavy (non-hydrogen) atoms. The van der Waals surface area contributed by atoms with Crippen molar-refractivity contribution in [2.45, 2.75) is 11.8 Å². The minimum atomic E-state index is -3.46. The highest BCUT2D eigenvalue weighted by Gasteiger charge is 2.20. The van der Waals surface area contributed by atoms with Gasteiger partial charge in [-0.3, -0.25) is 4.68 Å². The molecule has 0 unspecified atom stereocenters. The van der Waals surface area contributed by atoms with E-state index in [0.717, 1.165) is 0 Å². The minimum Gasteiger partial charge on any atom is -0.398 e. The highest BCUT2D eigenvalue weighted by Crippen LogP contribution is 2.34. The van der Waals surface area contributed by atoms with E-state index in [-0.39, 0.29) is 22.2 Å². The molecule has 2 aromatic carbocycles. The molecule has 5 nitrogen and oxygen atoms in total. The Morgan fingerprint density at radius 1 is 1.16 bits per heavy atom. The van der Waals surface area contributed by atoms with Gasteiger partial charge in [-0.05, 0) is 29.8 Å². The summed E-state index contributed by atoms with van der Waals surface area (Å²) in [6, 6.07) is 11.1. The van der Waals surface area contributed by atoms with Crippen LogP contribution in [0.15, 0.2) is 53.6 Å². The molecule has 0 spiro atoms. The van der Waals surface area contributed by atoms with Gasteiger partial charge in [0.25, 0.3) is 0 Å². The van der Waals surface area contributed by atoms with E-state index in [2.05, 4.69) is 5.10 Å². The molecule has 0 saturated heterocycles. The monoisotopic (exact) mass is 359 g/mol. The summed E-state index contributed by atoms with van der Waals surface area (Å²) in [6.07, 6.45) is 1.73. The van der Waals surface area contributed by atoms with Crippen LogP contribution in [-0.4, -0.2) is 24.0 Å². The zero-order valence-corrected chi connectivity index (χ0v) is 14.7. The van der Waals surface area contributed by atoms with E-state index in [1.54, 1.807) is 55.2 Å². The van der Waals surface area contributed by atoms with Crippen molar-refractivity contribution < 1.29 is 12.8 Å². The molecule has 0 fully saturated rings. The number of rotatable bonds is 4. The molecule has 3 aromatic rings. The lowest BCUT2D eigenvalue weighted by atomic mass is 10.0. The average Bonchev–Trinajstić information content (AvgIpc) is 2.97. The Morgan fingerprint density at radius 3 is 2.56 bits per heavy atom. The van der Waals surface area contributed by atoms with Gasteiger partial charge >= 0.3 is 0 Å². The predicted molar refractivity (Wildman–Crippen MR) is 96.2 cm³/mol. The molecule has 0 aliphatic rings. The molecule has 7 heteroatoms. The Balaban J connectivity index is 2.23. The average molecular weight is 359 g/mol. The van der Waals surface area contributed by atoms with Crippen LogP contribution in [0.3, 0.4) is 0 Å². The topological polar surface area (TPSA) is 78.0 Å². The van der Waals surface area contributed by atoms with Crippen LogP contribution in [-0.2, 0) is 16.9 Å². The zero-order valence-electron chi connectivity index (χ0n) is 13.9. The fourth-order valence-corrected chi connectivity index (χ4v) is 3.72. The van der Waals surface area contributed by atoms with Gasteiger partial charge in [0.2, 0.25) is 0 Å². The summed E-state index contributed by atoms with van der Waals surface area (Å²) in [5, 5.41) is 4.35. The van der Waals surface area contributed by atoms with Gasteiger partial charge in [-0.2, -0.15) is 5.10 Å². The zero-order chi connectivity index (χ0) is 18.2. The summed E-state index contributed by atoms with van der Waals surface area (Å²) in [5.41, 5.74) is 8.11. The van der Waals surface area contributed by atoms with Crippen molar-refractivity contribution in [2.75, 3.05) is 11.5 Å². The Bertz CT molecular complexity index is 1040. The molecule has 0 radical (unpaired) electrons. The molecular weight excluding hydrogens is 341 g/mol. The quantitative estimate of drug-likeness (QED) is 0.725. The van der Waals surface area contributed by atoms with Gasteiger partial charge in [-0.1, -0.05) is 25.1 Å². The summed E-state index contributed by atoms with van der Waals surface area (Å²) in [5.74, 6) is -0.437. The number of hydrogen-bond acceptors (Lipinski definition) is 4. The van der Waals surface area contributed by atoms with Gasteiger partial charge in [0.1, 0.15) is 11.5 Å². The van der Waals surface area contributed by atoms with E-state index >= 15 is 0 Å². The molecule has 3 rings (SSSR count). The van der Waals surface area contributed by atoms with Crippen molar-refractivity contribution >= 4 is 15.5 Å². The standard InChI is InChI=1S/C18H18FN3O2S/c1-3-25(23,24)17-10-12(8-9-16(17)20)14-11-22(2)21-18(14)13-6-4-5-7-15(13)19/h4-11H,3,20H2,1-2H3. The molecule has 2 N–H and O–H groups in total. The van der Waals surface area contributed by atoms with Crippen LogP contribution in [0.25, 0.3) is 22.4 Å². The maximum atomic E-state index is 14.2. The van der Waals surface area contributed by atoms with Crippen LogP contribution in [0.4, 0.5) is 10.1 Å². The van der Waals surface area contributed by atoms with Crippen LogP contribution in [0.2, 0.25) is 0 Å². The lowest BCUT2D eigenvalue weighted by molar-refractivity contribution is 0.597. The van der Waals surface area contributed by atoms with Crippen LogP contribution in [0.5, 0.6) is 0 Å². The molecule has 0 amide bonds. The Hall–Kier alpha value is -2.67. The van der Waals surface area contributed by atoms with Gasteiger partial charge in [0.15, 0.2) is 9.84 Å². The van der Waals surface area contributed by atoms with Gasteiger partial charge in [-0.25, -0.2) is 12.8 Å². The van der Waals surface area contributed by atoms with E-state index < -0.39 is 9.84 Å². The van der Waals surface area contributed by atoms with Crippen LogP contribution < -0.4 is 5.73 Å². The van der Waals surface area contributed by atoms with Crippen molar-refractivity contribution in [3.63, 3.8) is 0 Å². The predicted octanol–water partition coefficient (Wildman–Crippen LogP) is 3.27. The summed E-state index contributed by atoms with van der Waals surface area (Å²) < 4.78 is 40.3. The summed E-state index contributed by atoms with van der Waals surface area (Å²) in [7, 11) is -1.73. The number of aromatic nitrogens is 2. The maximum Gasteiger partial charge on any atom is 0.180 e. The molecule has 0 aliphatic heterocycles. The Kier molecular flexibility index (Phi) is 4.34. The van der Waals surface area contributed by atoms with Crippen LogP contribution >= 0.6 is 0 Å². The fourth-order valence-electron chi connectivity index (χ4n) is 2.68. The van der Waals surface area contributed by atoms with Crippen LogP contribution in [0.1, 0.15) is 6.92 Å². The highest BCUT2D eigenvalue weighted by atomic mass is 32.2. The van der Waals surface area contributed by atoms with E-state index in [1.807, 2.05) is 0 Å². The largest absolute Gasteiger partial charge is 0.398 e. The number of halogens is 1.